The van der Waals surface area contributed by atoms with Crippen LogP contribution < -0.4 is 10.9 Å². The summed E-state index contributed by atoms with van der Waals surface area (Å²) in [5.74, 6) is 0.194. The standard InChI is InChI=1S/C17H18N4O4/c1-11-9-14(20-25-11)16(22)18-10-15-12-5-3-4-6-13(12)17(23)21(19-15)7-8-24-2/h3-6,9H,7-8,10H2,1-2H3,(H,18,22). The molecule has 1 amide bonds. The van der Waals surface area contributed by atoms with Crippen molar-refractivity contribution in [1.29, 1.82) is 0 Å². The molecule has 3 aromatic rings. The van der Waals surface area contributed by atoms with E-state index in [1.54, 1.807) is 32.2 Å². The molecular weight excluding hydrogens is 324 g/mol. The molecule has 2 aromatic heterocycles. The zero-order chi connectivity index (χ0) is 17.8. The second-order valence-corrected chi connectivity index (χ2v) is 5.52. The Morgan fingerprint density at radius 1 is 1.32 bits per heavy atom. The Morgan fingerprint density at radius 3 is 2.76 bits per heavy atom. The number of ether oxygens (including phenoxy) is 1. The number of nitrogens with zero attached hydrogens (tertiary/aromatic N) is 3. The van der Waals surface area contributed by atoms with Crippen LogP contribution in [0.15, 0.2) is 39.6 Å². The molecule has 3 rings (SSSR count). The van der Waals surface area contributed by atoms with Crippen LogP contribution in [0.4, 0.5) is 0 Å². The van der Waals surface area contributed by atoms with Crippen molar-refractivity contribution < 1.29 is 14.1 Å². The number of hydrogen-bond donors (Lipinski definition) is 1. The van der Waals surface area contributed by atoms with Crippen LogP contribution in [0.3, 0.4) is 0 Å². The van der Waals surface area contributed by atoms with Crippen LogP contribution in [0, 0.1) is 6.92 Å². The van der Waals surface area contributed by atoms with Gasteiger partial charge in [0, 0.05) is 18.6 Å². The lowest BCUT2D eigenvalue weighted by Gasteiger charge is -2.11. The summed E-state index contributed by atoms with van der Waals surface area (Å²) < 4.78 is 11.3. The third-order valence-corrected chi connectivity index (χ3v) is 3.73. The van der Waals surface area contributed by atoms with E-state index in [0.717, 1.165) is 0 Å². The fraction of sp³-hybridized carbons (Fsp3) is 0.294. The van der Waals surface area contributed by atoms with Gasteiger partial charge in [0.05, 0.1) is 30.8 Å². The van der Waals surface area contributed by atoms with Crippen molar-refractivity contribution in [2.24, 2.45) is 0 Å². The van der Waals surface area contributed by atoms with Crippen molar-refractivity contribution in [3.05, 3.63) is 57.8 Å². The Hall–Kier alpha value is -3.00. The molecule has 0 unspecified atom stereocenters. The molecule has 0 saturated heterocycles. The third-order valence-electron chi connectivity index (χ3n) is 3.73. The van der Waals surface area contributed by atoms with Gasteiger partial charge in [0.1, 0.15) is 5.76 Å². The van der Waals surface area contributed by atoms with Gasteiger partial charge in [0.25, 0.3) is 11.5 Å². The minimum atomic E-state index is -0.364. The highest BCUT2D eigenvalue weighted by Crippen LogP contribution is 2.13. The maximum atomic E-state index is 12.5. The summed E-state index contributed by atoms with van der Waals surface area (Å²) in [6, 6.07) is 8.74. The van der Waals surface area contributed by atoms with Gasteiger partial charge in [-0.2, -0.15) is 5.10 Å². The topological polar surface area (TPSA) is 99.2 Å². The van der Waals surface area contributed by atoms with Gasteiger partial charge in [-0.05, 0) is 13.0 Å². The first-order valence-corrected chi connectivity index (χ1v) is 7.79. The quantitative estimate of drug-likeness (QED) is 0.724. The maximum Gasteiger partial charge on any atom is 0.274 e. The van der Waals surface area contributed by atoms with E-state index >= 15 is 0 Å². The molecule has 8 nitrogen and oxygen atoms in total. The average Bonchev–Trinajstić information content (AvgIpc) is 3.06. The molecule has 130 valence electrons. The van der Waals surface area contributed by atoms with Crippen molar-refractivity contribution in [3.8, 4) is 0 Å². The van der Waals surface area contributed by atoms with Gasteiger partial charge >= 0.3 is 0 Å². The van der Waals surface area contributed by atoms with Crippen LogP contribution in [0.2, 0.25) is 0 Å². The lowest BCUT2D eigenvalue weighted by atomic mass is 10.1. The lowest BCUT2D eigenvalue weighted by Crippen LogP contribution is -2.29. The first-order chi connectivity index (χ1) is 12.1. The molecule has 0 spiro atoms. The number of nitrogens with one attached hydrogen (secondary N) is 1. The molecule has 0 aliphatic rings. The number of fused-ring (bicyclic) bond motifs is 1. The molecule has 1 aromatic carbocycles. The third kappa shape index (κ3) is 3.58. The van der Waals surface area contributed by atoms with Gasteiger partial charge < -0.3 is 14.6 Å². The van der Waals surface area contributed by atoms with Crippen molar-refractivity contribution in [2.75, 3.05) is 13.7 Å². The largest absolute Gasteiger partial charge is 0.383 e. The zero-order valence-electron chi connectivity index (χ0n) is 14.0. The summed E-state index contributed by atoms with van der Waals surface area (Å²) in [5, 5.41) is 12.1. The molecular formula is C17H18N4O4. The second kappa shape index (κ2) is 7.27. The molecule has 0 aliphatic carbocycles. The van der Waals surface area contributed by atoms with Gasteiger partial charge in [0.15, 0.2) is 5.69 Å². The molecule has 0 aliphatic heterocycles. The van der Waals surface area contributed by atoms with Gasteiger partial charge in [-0.1, -0.05) is 23.4 Å². The van der Waals surface area contributed by atoms with Crippen molar-refractivity contribution in [2.45, 2.75) is 20.0 Å². The number of aromatic nitrogens is 3. The van der Waals surface area contributed by atoms with Crippen LogP contribution in [-0.2, 0) is 17.8 Å². The summed E-state index contributed by atoms with van der Waals surface area (Å²) >= 11 is 0. The van der Waals surface area contributed by atoms with E-state index in [0.29, 0.717) is 35.4 Å². The molecule has 8 heteroatoms. The number of rotatable bonds is 6. The fourth-order valence-corrected chi connectivity index (χ4v) is 2.49. The van der Waals surface area contributed by atoms with E-state index in [9.17, 15) is 9.59 Å². The van der Waals surface area contributed by atoms with Crippen molar-refractivity contribution in [1.82, 2.24) is 20.3 Å². The summed E-state index contributed by atoms with van der Waals surface area (Å²) in [6.07, 6.45) is 0. The Morgan fingerprint density at radius 2 is 2.08 bits per heavy atom. The van der Waals surface area contributed by atoms with E-state index in [4.69, 9.17) is 9.26 Å². The SMILES string of the molecule is COCCn1nc(CNC(=O)c2cc(C)on2)c2ccccc2c1=O. The van der Waals surface area contributed by atoms with Crippen LogP contribution in [-0.4, -0.2) is 34.6 Å². The molecule has 2 heterocycles. The number of carbonyl (C=O) groups is 1. The molecule has 0 fully saturated rings. The Balaban J connectivity index is 1.90. The maximum absolute atomic E-state index is 12.5. The zero-order valence-corrected chi connectivity index (χ0v) is 14.0. The van der Waals surface area contributed by atoms with Crippen LogP contribution in [0.1, 0.15) is 21.9 Å². The Labute approximate surface area is 143 Å². The minimum Gasteiger partial charge on any atom is -0.383 e. The van der Waals surface area contributed by atoms with E-state index < -0.39 is 0 Å². The monoisotopic (exact) mass is 342 g/mol. The summed E-state index contributed by atoms with van der Waals surface area (Å²) in [4.78, 5) is 24.6. The van der Waals surface area contributed by atoms with Crippen LogP contribution in [0.25, 0.3) is 10.8 Å². The number of hydrogen-bond acceptors (Lipinski definition) is 6. The van der Waals surface area contributed by atoms with E-state index in [-0.39, 0.29) is 23.7 Å². The van der Waals surface area contributed by atoms with Crippen LogP contribution in [0.5, 0.6) is 0 Å². The highest BCUT2D eigenvalue weighted by Gasteiger charge is 2.14. The molecule has 0 bridgehead atoms. The predicted octanol–water partition coefficient (Wildman–Crippen LogP) is 1.27. The van der Waals surface area contributed by atoms with Crippen molar-refractivity contribution in [3.63, 3.8) is 0 Å². The normalized spacial score (nSPS) is 11.0. The van der Waals surface area contributed by atoms with Crippen molar-refractivity contribution >= 4 is 16.7 Å². The number of aryl methyl sites for hydroxylation is 1. The van der Waals surface area contributed by atoms with E-state index in [1.807, 2.05) is 12.1 Å². The smallest absolute Gasteiger partial charge is 0.274 e. The minimum absolute atomic E-state index is 0.165. The van der Waals surface area contributed by atoms with Gasteiger partial charge in [0.2, 0.25) is 0 Å². The Bertz CT molecular complexity index is 961. The summed E-state index contributed by atoms with van der Waals surface area (Å²) in [7, 11) is 1.56. The lowest BCUT2D eigenvalue weighted by molar-refractivity contribution is 0.0941. The number of carbonyl (C=O) groups excluding carboxylic acids is 1. The number of benzene rings is 1. The number of methoxy groups -OCH3 is 1. The summed E-state index contributed by atoms with van der Waals surface area (Å²) in [6.45, 7) is 2.59. The van der Waals surface area contributed by atoms with Gasteiger partial charge in [-0.25, -0.2) is 4.68 Å². The molecule has 0 atom stereocenters. The van der Waals surface area contributed by atoms with E-state index in [2.05, 4.69) is 15.6 Å². The first kappa shape index (κ1) is 16.8. The summed E-state index contributed by atoms with van der Waals surface area (Å²) in [5.41, 5.74) is 0.615. The van der Waals surface area contributed by atoms with E-state index in [1.165, 1.54) is 4.68 Å². The average molecular weight is 342 g/mol. The molecule has 1 N–H and O–H groups in total. The molecule has 25 heavy (non-hydrogen) atoms. The molecule has 0 radical (unpaired) electrons. The predicted molar refractivity (Wildman–Crippen MR) is 90.3 cm³/mol. The molecule has 0 saturated carbocycles. The highest BCUT2D eigenvalue weighted by molar-refractivity contribution is 5.92. The van der Waals surface area contributed by atoms with Gasteiger partial charge in [-0.15, -0.1) is 0 Å². The second-order valence-electron chi connectivity index (χ2n) is 5.52. The number of amides is 1. The highest BCUT2D eigenvalue weighted by atomic mass is 16.5. The van der Waals surface area contributed by atoms with Crippen LogP contribution >= 0.6 is 0 Å². The Kier molecular flexibility index (Phi) is 4.90. The fourth-order valence-electron chi connectivity index (χ4n) is 2.49. The first-order valence-electron chi connectivity index (χ1n) is 7.79. The van der Waals surface area contributed by atoms with Gasteiger partial charge in [-0.3, -0.25) is 9.59 Å².